The van der Waals surface area contributed by atoms with Gasteiger partial charge in [0.2, 0.25) is 0 Å². The molecule has 1 N–H and O–H groups in total. The summed E-state index contributed by atoms with van der Waals surface area (Å²) < 4.78 is 1.07. The third kappa shape index (κ3) is 3.63. The number of carbonyl (C=O) groups is 1. The minimum Gasteiger partial charge on any atom is -0.480 e. The number of thiophene rings is 1. The molecule has 0 aliphatic carbocycles. The SMILES string of the molecule is CCC(SCc1cc(Br)cs1)C(=O)O. The summed E-state index contributed by atoms with van der Waals surface area (Å²) in [6.45, 7) is 1.90. The van der Waals surface area contributed by atoms with E-state index >= 15 is 0 Å². The maximum atomic E-state index is 10.7. The molecule has 0 aromatic carbocycles. The molecular formula is C9H11BrO2S2. The first kappa shape index (κ1) is 12.1. The molecular weight excluding hydrogens is 284 g/mol. The summed E-state index contributed by atoms with van der Waals surface area (Å²) in [5.41, 5.74) is 0. The Morgan fingerprint density at radius 2 is 2.50 bits per heavy atom. The first-order valence-corrected chi connectivity index (χ1v) is 6.93. The molecule has 1 aromatic heterocycles. The summed E-state index contributed by atoms with van der Waals surface area (Å²) in [5.74, 6) is 0.0641. The van der Waals surface area contributed by atoms with E-state index in [-0.39, 0.29) is 5.25 Å². The number of hydrogen-bond acceptors (Lipinski definition) is 3. The molecule has 2 nitrogen and oxygen atoms in total. The molecule has 0 saturated heterocycles. The Morgan fingerprint density at radius 1 is 1.79 bits per heavy atom. The molecule has 78 valence electrons. The maximum Gasteiger partial charge on any atom is 0.316 e. The lowest BCUT2D eigenvalue weighted by molar-refractivity contribution is -0.136. The highest BCUT2D eigenvalue weighted by atomic mass is 79.9. The Balaban J connectivity index is 2.43. The monoisotopic (exact) mass is 294 g/mol. The predicted molar refractivity (Wildman–Crippen MR) is 65.0 cm³/mol. The standard InChI is InChI=1S/C9H11BrO2S2/c1-2-8(9(11)12)14-5-7-3-6(10)4-13-7/h3-4,8H,2,5H2,1H3,(H,11,12). The van der Waals surface area contributed by atoms with Crippen LogP contribution >= 0.6 is 39.0 Å². The van der Waals surface area contributed by atoms with Crippen LogP contribution in [0.3, 0.4) is 0 Å². The van der Waals surface area contributed by atoms with Gasteiger partial charge < -0.3 is 5.11 Å². The summed E-state index contributed by atoms with van der Waals surface area (Å²) in [5, 5.41) is 10.6. The molecule has 0 aliphatic heterocycles. The van der Waals surface area contributed by atoms with Gasteiger partial charge >= 0.3 is 5.97 Å². The van der Waals surface area contributed by atoms with E-state index in [4.69, 9.17) is 5.11 Å². The molecule has 0 spiro atoms. The van der Waals surface area contributed by atoms with Gasteiger partial charge in [0.25, 0.3) is 0 Å². The molecule has 1 aromatic rings. The summed E-state index contributed by atoms with van der Waals surface area (Å²) in [4.78, 5) is 11.9. The second-order valence-corrected chi connectivity index (χ2v) is 5.88. The van der Waals surface area contributed by atoms with Crippen LogP contribution in [0, 0.1) is 0 Å². The van der Waals surface area contributed by atoms with Gasteiger partial charge in [-0.1, -0.05) is 6.92 Å². The van der Waals surface area contributed by atoms with Crippen molar-refractivity contribution >= 4 is 45.0 Å². The van der Waals surface area contributed by atoms with E-state index in [9.17, 15) is 4.79 Å². The zero-order chi connectivity index (χ0) is 10.6. The number of aliphatic carboxylic acids is 1. The largest absolute Gasteiger partial charge is 0.480 e. The Morgan fingerprint density at radius 3 is 2.93 bits per heavy atom. The highest BCUT2D eigenvalue weighted by Crippen LogP contribution is 2.26. The van der Waals surface area contributed by atoms with Gasteiger partial charge in [-0.15, -0.1) is 23.1 Å². The van der Waals surface area contributed by atoms with E-state index < -0.39 is 5.97 Å². The Labute approximate surface area is 99.8 Å². The lowest BCUT2D eigenvalue weighted by Gasteiger charge is -2.07. The van der Waals surface area contributed by atoms with Crippen LogP contribution in [0.1, 0.15) is 18.2 Å². The third-order valence-corrected chi connectivity index (χ3v) is 4.99. The van der Waals surface area contributed by atoms with Crippen LogP contribution < -0.4 is 0 Å². The number of thioether (sulfide) groups is 1. The van der Waals surface area contributed by atoms with Crippen LogP contribution in [-0.2, 0) is 10.5 Å². The number of carboxylic acid groups (broad SMARTS) is 1. The van der Waals surface area contributed by atoms with Crippen LogP contribution in [0.4, 0.5) is 0 Å². The fourth-order valence-electron chi connectivity index (χ4n) is 0.976. The van der Waals surface area contributed by atoms with Gasteiger partial charge in [0.05, 0.1) is 0 Å². The topological polar surface area (TPSA) is 37.3 Å². The first-order chi connectivity index (χ1) is 6.63. The fraction of sp³-hybridized carbons (Fsp3) is 0.444. The quantitative estimate of drug-likeness (QED) is 0.901. The van der Waals surface area contributed by atoms with Gasteiger partial charge in [0.15, 0.2) is 0 Å². The maximum absolute atomic E-state index is 10.7. The van der Waals surface area contributed by atoms with Crippen LogP contribution in [-0.4, -0.2) is 16.3 Å². The Hall–Kier alpha value is -0.000000000000000111. The van der Waals surface area contributed by atoms with Crippen LogP contribution in [0.5, 0.6) is 0 Å². The summed E-state index contributed by atoms with van der Waals surface area (Å²) in [6, 6.07) is 2.03. The van der Waals surface area contributed by atoms with Crippen molar-refractivity contribution in [3.05, 3.63) is 20.8 Å². The van der Waals surface area contributed by atoms with E-state index in [1.807, 2.05) is 18.4 Å². The van der Waals surface area contributed by atoms with Gasteiger partial charge in [-0.05, 0) is 28.4 Å². The summed E-state index contributed by atoms with van der Waals surface area (Å²) in [7, 11) is 0. The molecule has 1 atom stereocenters. The van der Waals surface area contributed by atoms with Crippen molar-refractivity contribution in [2.75, 3.05) is 0 Å². The fourth-order valence-corrected chi connectivity index (χ4v) is 3.51. The van der Waals surface area contributed by atoms with Crippen molar-refractivity contribution in [3.8, 4) is 0 Å². The van der Waals surface area contributed by atoms with E-state index in [2.05, 4.69) is 15.9 Å². The lowest BCUT2D eigenvalue weighted by atomic mass is 10.3. The minimum absolute atomic E-state index is 0.282. The van der Waals surface area contributed by atoms with E-state index in [1.54, 1.807) is 11.3 Å². The average Bonchev–Trinajstić information content (AvgIpc) is 2.52. The predicted octanol–water partition coefficient (Wildman–Crippen LogP) is 3.61. The minimum atomic E-state index is -0.715. The molecule has 0 radical (unpaired) electrons. The van der Waals surface area contributed by atoms with E-state index in [0.29, 0.717) is 6.42 Å². The van der Waals surface area contributed by atoms with Crippen LogP contribution in [0.2, 0.25) is 0 Å². The summed E-state index contributed by atoms with van der Waals surface area (Å²) >= 11 is 6.51. The van der Waals surface area contributed by atoms with Gasteiger partial charge in [-0.2, -0.15) is 0 Å². The van der Waals surface area contributed by atoms with Gasteiger partial charge in [0.1, 0.15) is 5.25 Å². The molecule has 5 heteroatoms. The molecule has 0 aliphatic rings. The molecule has 14 heavy (non-hydrogen) atoms. The van der Waals surface area contributed by atoms with E-state index in [0.717, 1.165) is 10.2 Å². The van der Waals surface area contributed by atoms with Gasteiger partial charge in [-0.3, -0.25) is 4.79 Å². The van der Waals surface area contributed by atoms with Crippen molar-refractivity contribution < 1.29 is 9.90 Å². The second-order valence-electron chi connectivity index (χ2n) is 2.78. The lowest BCUT2D eigenvalue weighted by Crippen LogP contribution is -2.14. The molecule has 0 amide bonds. The number of carboxylic acids is 1. The molecule has 0 bridgehead atoms. The number of halogens is 1. The van der Waals surface area contributed by atoms with Crippen molar-refractivity contribution in [3.63, 3.8) is 0 Å². The average molecular weight is 295 g/mol. The zero-order valence-corrected chi connectivity index (χ0v) is 10.9. The van der Waals surface area contributed by atoms with Crippen LogP contribution in [0.25, 0.3) is 0 Å². The van der Waals surface area contributed by atoms with Crippen molar-refractivity contribution in [1.29, 1.82) is 0 Å². The Kier molecular flexibility index (Phi) is 4.98. The molecule has 0 fully saturated rings. The first-order valence-electron chi connectivity index (χ1n) is 4.20. The molecule has 1 rings (SSSR count). The zero-order valence-electron chi connectivity index (χ0n) is 7.70. The van der Waals surface area contributed by atoms with Crippen molar-refractivity contribution in [1.82, 2.24) is 0 Å². The molecule has 1 unspecified atom stereocenters. The van der Waals surface area contributed by atoms with E-state index in [1.165, 1.54) is 16.6 Å². The van der Waals surface area contributed by atoms with Crippen LogP contribution in [0.15, 0.2) is 15.9 Å². The Bertz CT molecular complexity index is 312. The normalized spacial score (nSPS) is 12.7. The second kappa shape index (κ2) is 5.78. The summed E-state index contributed by atoms with van der Waals surface area (Å²) in [6.07, 6.45) is 0.673. The van der Waals surface area contributed by atoms with Gasteiger partial charge in [0, 0.05) is 20.5 Å². The third-order valence-electron chi connectivity index (χ3n) is 1.69. The number of hydrogen-bond donors (Lipinski definition) is 1. The van der Waals surface area contributed by atoms with Gasteiger partial charge in [-0.25, -0.2) is 0 Å². The highest BCUT2D eigenvalue weighted by molar-refractivity contribution is 9.10. The number of rotatable bonds is 5. The molecule has 1 heterocycles. The highest BCUT2D eigenvalue weighted by Gasteiger charge is 2.15. The van der Waals surface area contributed by atoms with Crippen molar-refractivity contribution in [2.24, 2.45) is 0 Å². The smallest absolute Gasteiger partial charge is 0.316 e. The van der Waals surface area contributed by atoms with Crippen molar-refractivity contribution in [2.45, 2.75) is 24.3 Å². The molecule has 0 saturated carbocycles.